The van der Waals surface area contributed by atoms with Gasteiger partial charge in [-0.15, -0.1) is 0 Å². The standard InChI is InChI=1S/C14H24N2O2/c1-4-5-9(2)16-10(3)8-12(17)15-13(14(16)18)11-6-7-11/h9-11,13H,4-8H2,1-3H3,(H,15,17). The van der Waals surface area contributed by atoms with Crippen molar-refractivity contribution in [2.45, 2.75) is 71.0 Å². The Balaban J connectivity index is 2.18. The van der Waals surface area contributed by atoms with Gasteiger partial charge in [0.2, 0.25) is 11.8 Å². The zero-order valence-electron chi connectivity index (χ0n) is 11.6. The molecule has 1 heterocycles. The zero-order chi connectivity index (χ0) is 13.3. The van der Waals surface area contributed by atoms with E-state index in [0.717, 1.165) is 25.7 Å². The topological polar surface area (TPSA) is 49.4 Å². The number of hydrogen-bond acceptors (Lipinski definition) is 2. The molecule has 2 rings (SSSR count). The van der Waals surface area contributed by atoms with Gasteiger partial charge in [-0.05, 0) is 39.0 Å². The summed E-state index contributed by atoms with van der Waals surface area (Å²) in [7, 11) is 0. The van der Waals surface area contributed by atoms with Crippen LogP contribution in [-0.2, 0) is 9.59 Å². The van der Waals surface area contributed by atoms with E-state index in [4.69, 9.17) is 0 Å². The molecule has 3 atom stereocenters. The summed E-state index contributed by atoms with van der Waals surface area (Å²) in [6.07, 6.45) is 4.64. The van der Waals surface area contributed by atoms with Crippen molar-refractivity contribution in [2.24, 2.45) is 5.92 Å². The molecule has 0 bridgehead atoms. The molecule has 4 nitrogen and oxygen atoms in total. The molecule has 1 saturated carbocycles. The highest BCUT2D eigenvalue weighted by Gasteiger charge is 2.43. The van der Waals surface area contributed by atoms with Crippen LogP contribution < -0.4 is 5.32 Å². The minimum Gasteiger partial charge on any atom is -0.344 e. The number of nitrogens with one attached hydrogen (secondary N) is 1. The van der Waals surface area contributed by atoms with E-state index in [0.29, 0.717) is 12.3 Å². The lowest BCUT2D eigenvalue weighted by atomic mass is 10.1. The van der Waals surface area contributed by atoms with Crippen molar-refractivity contribution in [3.63, 3.8) is 0 Å². The van der Waals surface area contributed by atoms with Crippen molar-refractivity contribution in [3.05, 3.63) is 0 Å². The van der Waals surface area contributed by atoms with Crippen molar-refractivity contribution in [2.75, 3.05) is 0 Å². The predicted octanol–water partition coefficient (Wildman–Crippen LogP) is 1.69. The van der Waals surface area contributed by atoms with Crippen LogP contribution in [0.1, 0.15) is 52.9 Å². The van der Waals surface area contributed by atoms with Crippen LogP contribution in [0.2, 0.25) is 0 Å². The average Bonchev–Trinajstić information content (AvgIpc) is 3.09. The van der Waals surface area contributed by atoms with Gasteiger partial charge in [0.15, 0.2) is 0 Å². The predicted molar refractivity (Wildman–Crippen MR) is 69.9 cm³/mol. The Kier molecular flexibility index (Phi) is 3.93. The summed E-state index contributed by atoms with van der Waals surface area (Å²) in [6.45, 7) is 6.21. The van der Waals surface area contributed by atoms with Crippen LogP contribution in [-0.4, -0.2) is 34.8 Å². The average molecular weight is 252 g/mol. The fourth-order valence-corrected chi connectivity index (χ4v) is 3.00. The maximum Gasteiger partial charge on any atom is 0.245 e. The molecule has 0 aromatic carbocycles. The van der Waals surface area contributed by atoms with E-state index in [1.54, 1.807) is 0 Å². The van der Waals surface area contributed by atoms with E-state index in [2.05, 4.69) is 19.2 Å². The summed E-state index contributed by atoms with van der Waals surface area (Å²) < 4.78 is 0. The third-order valence-electron chi connectivity index (χ3n) is 4.07. The highest BCUT2D eigenvalue weighted by molar-refractivity contribution is 5.91. The molecule has 18 heavy (non-hydrogen) atoms. The lowest BCUT2D eigenvalue weighted by Crippen LogP contribution is -2.50. The highest BCUT2D eigenvalue weighted by atomic mass is 16.2. The second-order valence-electron chi connectivity index (χ2n) is 5.82. The van der Waals surface area contributed by atoms with E-state index < -0.39 is 0 Å². The molecule has 0 aromatic heterocycles. The van der Waals surface area contributed by atoms with Gasteiger partial charge in [-0.25, -0.2) is 0 Å². The molecule has 3 unspecified atom stereocenters. The molecule has 2 amide bonds. The van der Waals surface area contributed by atoms with E-state index in [-0.39, 0.29) is 29.9 Å². The van der Waals surface area contributed by atoms with Crippen LogP contribution >= 0.6 is 0 Å². The maximum absolute atomic E-state index is 12.6. The number of amides is 2. The fraction of sp³-hybridized carbons (Fsp3) is 0.857. The summed E-state index contributed by atoms with van der Waals surface area (Å²) in [5.74, 6) is 0.541. The van der Waals surface area contributed by atoms with Crippen LogP contribution in [0, 0.1) is 5.92 Å². The van der Waals surface area contributed by atoms with Gasteiger partial charge < -0.3 is 10.2 Å². The van der Waals surface area contributed by atoms with Crippen LogP contribution in [0.4, 0.5) is 0 Å². The van der Waals surface area contributed by atoms with Crippen molar-refractivity contribution >= 4 is 11.8 Å². The SMILES string of the molecule is CCCC(C)N1C(=O)C(C2CC2)NC(=O)CC1C. The second kappa shape index (κ2) is 5.29. The Morgan fingerprint density at radius 3 is 2.61 bits per heavy atom. The first-order chi connectivity index (χ1) is 8.54. The second-order valence-corrected chi connectivity index (χ2v) is 5.82. The molecule has 1 aliphatic carbocycles. The normalized spacial score (nSPS) is 30.9. The molecule has 1 N–H and O–H groups in total. The molecule has 1 saturated heterocycles. The Labute approximate surface area is 109 Å². The molecule has 102 valence electrons. The van der Waals surface area contributed by atoms with Crippen LogP contribution in [0.15, 0.2) is 0 Å². The van der Waals surface area contributed by atoms with Gasteiger partial charge in [-0.3, -0.25) is 9.59 Å². The molecule has 0 spiro atoms. The summed E-state index contributed by atoms with van der Waals surface area (Å²) in [5.41, 5.74) is 0. The van der Waals surface area contributed by atoms with E-state index in [1.165, 1.54) is 0 Å². The Morgan fingerprint density at radius 1 is 1.39 bits per heavy atom. The molecule has 0 aromatic rings. The van der Waals surface area contributed by atoms with Crippen molar-refractivity contribution in [1.29, 1.82) is 0 Å². The zero-order valence-corrected chi connectivity index (χ0v) is 11.6. The van der Waals surface area contributed by atoms with Crippen molar-refractivity contribution in [3.8, 4) is 0 Å². The summed E-state index contributed by atoms with van der Waals surface area (Å²) in [6, 6.07) is -0.0176. The van der Waals surface area contributed by atoms with Crippen molar-refractivity contribution < 1.29 is 9.59 Å². The van der Waals surface area contributed by atoms with Gasteiger partial charge in [-0.2, -0.15) is 0 Å². The smallest absolute Gasteiger partial charge is 0.245 e. The first-order valence-corrected chi connectivity index (χ1v) is 7.16. The van der Waals surface area contributed by atoms with E-state index >= 15 is 0 Å². The molecular weight excluding hydrogens is 228 g/mol. The van der Waals surface area contributed by atoms with Gasteiger partial charge in [0, 0.05) is 18.5 Å². The van der Waals surface area contributed by atoms with Gasteiger partial charge in [0.05, 0.1) is 0 Å². The van der Waals surface area contributed by atoms with E-state index in [1.807, 2.05) is 11.8 Å². The van der Waals surface area contributed by atoms with Gasteiger partial charge in [-0.1, -0.05) is 13.3 Å². The molecule has 4 heteroatoms. The minimum atomic E-state index is -0.262. The molecule has 2 aliphatic rings. The first-order valence-electron chi connectivity index (χ1n) is 7.16. The van der Waals surface area contributed by atoms with Crippen LogP contribution in [0.3, 0.4) is 0 Å². The number of carbonyl (C=O) groups is 2. The summed E-state index contributed by atoms with van der Waals surface area (Å²) in [4.78, 5) is 26.4. The summed E-state index contributed by atoms with van der Waals surface area (Å²) >= 11 is 0. The third-order valence-corrected chi connectivity index (χ3v) is 4.07. The van der Waals surface area contributed by atoms with Crippen LogP contribution in [0.5, 0.6) is 0 Å². The number of hydrogen-bond donors (Lipinski definition) is 1. The highest BCUT2D eigenvalue weighted by Crippen LogP contribution is 2.35. The van der Waals surface area contributed by atoms with Gasteiger partial charge >= 0.3 is 0 Å². The minimum absolute atomic E-state index is 0.0165. The third kappa shape index (κ3) is 2.68. The number of nitrogens with zero attached hydrogens (tertiary/aromatic N) is 1. The lowest BCUT2D eigenvalue weighted by Gasteiger charge is -2.34. The number of carbonyl (C=O) groups excluding carboxylic acids is 2. The Hall–Kier alpha value is -1.06. The van der Waals surface area contributed by atoms with Gasteiger partial charge in [0.25, 0.3) is 0 Å². The molecule has 2 fully saturated rings. The van der Waals surface area contributed by atoms with Gasteiger partial charge in [0.1, 0.15) is 6.04 Å². The summed E-state index contributed by atoms with van der Waals surface area (Å²) in [5, 5.41) is 2.92. The lowest BCUT2D eigenvalue weighted by molar-refractivity contribution is -0.137. The number of rotatable bonds is 4. The molecular formula is C14H24N2O2. The quantitative estimate of drug-likeness (QED) is 0.827. The Bertz CT molecular complexity index is 339. The Morgan fingerprint density at radius 2 is 2.06 bits per heavy atom. The maximum atomic E-state index is 12.6. The molecule has 0 radical (unpaired) electrons. The molecule has 1 aliphatic heterocycles. The largest absolute Gasteiger partial charge is 0.344 e. The van der Waals surface area contributed by atoms with Crippen LogP contribution in [0.25, 0.3) is 0 Å². The monoisotopic (exact) mass is 252 g/mol. The van der Waals surface area contributed by atoms with Crippen molar-refractivity contribution in [1.82, 2.24) is 10.2 Å². The van der Waals surface area contributed by atoms with E-state index in [9.17, 15) is 9.59 Å². The fourth-order valence-electron chi connectivity index (χ4n) is 3.00. The first kappa shape index (κ1) is 13.4.